The highest BCUT2D eigenvalue weighted by Crippen LogP contribution is 2.25. The van der Waals surface area contributed by atoms with E-state index < -0.39 is 0 Å². The van der Waals surface area contributed by atoms with Crippen LogP contribution >= 0.6 is 0 Å². The summed E-state index contributed by atoms with van der Waals surface area (Å²) in [6.07, 6.45) is 1.38. The standard InChI is InChI=1S/C15H18N2O2/c18-10-11-9-15(17-7-5-12(19)6-8-17)16-14-4-2-1-3-13(11)14/h1-4,9,12,18-19H,5-8,10H2. The van der Waals surface area contributed by atoms with E-state index in [0.29, 0.717) is 0 Å². The lowest BCUT2D eigenvalue weighted by Crippen LogP contribution is -2.36. The molecule has 0 aliphatic carbocycles. The van der Waals surface area contributed by atoms with Crippen LogP contribution < -0.4 is 4.90 Å². The number of aliphatic hydroxyl groups excluding tert-OH is 2. The van der Waals surface area contributed by atoms with Crippen molar-refractivity contribution in [3.05, 3.63) is 35.9 Å². The van der Waals surface area contributed by atoms with E-state index in [1.54, 1.807) is 0 Å². The van der Waals surface area contributed by atoms with Gasteiger partial charge in [-0.25, -0.2) is 4.98 Å². The molecule has 0 unspecified atom stereocenters. The van der Waals surface area contributed by atoms with Crippen LogP contribution in [0.1, 0.15) is 18.4 Å². The minimum Gasteiger partial charge on any atom is -0.393 e. The molecule has 1 aromatic heterocycles. The first-order valence-corrected chi connectivity index (χ1v) is 6.70. The molecule has 0 radical (unpaired) electrons. The van der Waals surface area contributed by atoms with Crippen molar-refractivity contribution >= 4 is 16.7 Å². The second kappa shape index (κ2) is 5.15. The topological polar surface area (TPSA) is 56.6 Å². The van der Waals surface area contributed by atoms with Crippen molar-refractivity contribution in [3.8, 4) is 0 Å². The van der Waals surface area contributed by atoms with E-state index in [4.69, 9.17) is 0 Å². The van der Waals surface area contributed by atoms with Crippen molar-refractivity contribution < 1.29 is 10.2 Å². The summed E-state index contributed by atoms with van der Waals surface area (Å²) in [5.41, 5.74) is 1.82. The molecule has 0 amide bonds. The number of hydrogen-bond acceptors (Lipinski definition) is 4. The number of pyridine rings is 1. The highest BCUT2D eigenvalue weighted by molar-refractivity contribution is 5.84. The first-order valence-electron chi connectivity index (χ1n) is 6.70. The van der Waals surface area contributed by atoms with Gasteiger partial charge in [0.05, 0.1) is 18.2 Å². The molecule has 1 saturated heterocycles. The van der Waals surface area contributed by atoms with Gasteiger partial charge >= 0.3 is 0 Å². The molecule has 1 aliphatic rings. The number of piperidine rings is 1. The van der Waals surface area contributed by atoms with Gasteiger partial charge in [-0.1, -0.05) is 18.2 Å². The summed E-state index contributed by atoms with van der Waals surface area (Å²) >= 11 is 0. The van der Waals surface area contributed by atoms with Gasteiger partial charge in [-0.3, -0.25) is 0 Å². The number of aromatic nitrogens is 1. The van der Waals surface area contributed by atoms with Crippen molar-refractivity contribution in [1.82, 2.24) is 4.98 Å². The van der Waals surface area contributed by atoms with Gasteiger partial charge in [0.2, 0.25) is 0 Å². The summed E-state index contributed by atoms with van der Waals surface area (Å²) < 4.78 is 0. The number of fused-ring (bicyclic) bond motifs is 1. The largest absolute Gasteiger partial charge is 0.393 e. The molecule has 2 heterocycles. The molecule has 4 heteroatoms. The van der Waals surface area contributed by atoms with Gasteiger partial charge in [0.1, 0.15) is 5.82 Å². The number of benzene rings is 1. The summed E-state index contributed by atoms with van der Waals surface area (Å²) in [4.78, 5) is 6.84. The van der Waals surface area contributed by atoms with E-state index in [1.165, 1.54) is 0 Å². The fourth-order valence-corrected chi connectivity index (χ4v) is 2.62. The Labute approximate surface area is 112 Å². The summed E-state index contributed by atoms with van der Waals surface area (Å²) in [7, 11) is 0. The third kappa shape index (κ3) is 2.41. The van der Waals surface area contributed by atoms with Crippen LogP contribution in [0.25, 0.3) is 10.9 Å². The number of nitrogens with zero attached hydrogens (tertiary/aromatic N) is 2. The fourth-order valence-electron chi connectivity index (χ4n) is 2.62. The summed E-state index contributed by atoms with van der Waals surface area (Å²) in [5.74, 6) is 0.898. The van der Waals surface area contributed by atoms with Gasteiger partial charge in [0, 0.05) is 18.5 Å². The number of aliphatic hydroxyl groups is 2. The zero-order chi connectivity index (χ0) is 13.2. The van der Waals surface area contributed by atoms with Gasteiger partial charge in [-0.2, -0.15) is 0 Å². The van der Waals surface area contributed by atoms with Crippen LogP contribution in [0.4, 0.5) is 5.82 Å². The molecular formula is C15H18N2O2. The third-order valence-electron chi connectivity index (χ3n) is 3.75. The molecule has 1 fully saturated rings. The quantitative estimate of drug-likeness (QED) is 0.860. The summed E-state index contributed by atoms with van der Waals surface area (Å²) in [6, 6.07) is 9.83. The zero-order valence-electron chi connectivity index (χ0n) is 10.8. The predicted octanol–water partition coefficient (Wildman–Crippen LogP) is 1.69. The molecule has 2 aromatic rings. The molecule has 1 aliphatic heterocycles. The van der Waals surface area contributed by atoms with Gasteiger partial charge < -0.3 is 15.1 Å². The average Bonchev–Trinajstić information content (AvgIpc) is 2.47. The predicted molar refractivity (Wildman–Crippen MR) is 75.1 cm³/mol. The highest BCUT2D eigenvalue weighted by atomic mass is 16.3. The number of rotatable bonds is 2. The van der Waals surface area contributed by atoms with Crippen LogP contribution in [0.3, 0.4) is 0 Å². The molecule has 0 atom stereocenters. The maximum absolute atomic E-state index is 9.56. The van der Waals surface area contributed by atoms with Crippen LogP contribution in [0.2, 0.25) is 0 Å². The zero-order valence-corrected chi connectivity index (χ0v) is 10.8. The van der Waals surface area contributed by atoms with Crippen LogP contribution in [0.15, 0.2) is 30.3 Å². The van der Waals surface area contributed by atoms with E-state index in [1.807, 2.05) is 30.3 Å². The normalized spacial score (nSPS) is 17.1. The van der Waals surface area contributed by atoms with Crippen LogP contribution in [0.5, 0.6) is 0 Å². The second-order valence-electron chi connectivity index (χ2n) is 5.03. The molecule has 100 valence electrons. The lowest BCUT2D eigenvalue weighted by Gasteiger charge is -2.31. The SMILES string of the molecule is OCc1cc(N2CCC(O)CC2)nc2ccccc12. The molecule has 0 bridgehead atoms. The molecule has 4 nitrogen and oxygen atoms in total. The second-order valence-corrected chi connectivity index (χ2v) is 5.03. The lowest BCUT2D eigenvalue weighted by atomic mass is 10.1. The van der Waals surface area contributed by atoms with Gasteiger partial charge in [-0.15, -0.1) is 0 Å². The third-order valence-corrected chi connectivity index (χ3v) is 3.75. The summed E-state index contributed by atoms with van der Waals surface area (Å²) in [5, 5.41) is 20.1. The van der Waals surface area contributed by atoms with Gasteiger partial charge in [0.15, 0.2) is 0 Å². The first-order chi connectivity index (χ1) is 9.28. The van der Waals surface area contributed by atoms with Crippen LogP contribution in [0, 0.1) is 0 Å². The Morgan fingerprint density at radius 3 is 2.68 bits per heavy atom. The molecule has 0 saturated carbocycles. The first kappa shape index (κ1) is 12.4. The highest BCUT2D eigenvalue weighted by Gasteiger charge is 2.19. The Morgan fingerprint density at radius 1 is 1.21 bits per heavy atom. The molecule has 1 aromatic carbocycles. The van der Waals surface area contributed by atoms with Crippen LogP contribution in [-0.4, -0.2) is 34.4 Å². The van der Waals surface area contributed by atoms with E-state index in [-0.39, 0.29) is 12.7 Å². The lowest BCUT2D eigenvalue weighted by molar-refractivity contribution is 0.145. The van der Waals surface area contributed by atoms with Crippen LogP contribution in [-0.2, 0) is 6.61 Å². The van der Waals surface area contributed by atoms with Crippen molar-refractivity contribution in [2.24, 2.45) is 0 Å². The van der Waals surface area contributed by atoms with Gasteiger partial charge in [-0.05, 0) is 30.5 Å². The Balaban J connectivity index is 2.00. The molecule has 19 heavy (non-hydrogen) atoms. The maximum Gasteiger partial charge on any atom is 0.129 e. The Hall–Kier alpha value is -1.65. The molecule has 2 N–H and O–H groups in total. The Kier molecular flexibility index (Phi) is 3.36. The van der Waals surface area contributed by atoms with Crippen molar-refractivity contribution in [3.63, 3.8) is 0 Å². The average molecular weight is 258 g/mol. The molecular weight excluding hydrogens is 240 g/mol. The summed E-state index contributed by atoms with van der Waals surface area (Å²) in [6.45, 7) is 1.65. The van der Waals surface area contributed by atoms with E-state index >= 15 is 0 Å². The fraction of sp³-hybridized carbons (Fsp3) is 0.400. The van der Waals surface area contributed by atoms with Crippen molar-refractivity contribution in [2.45, 2.75) is 25.6 Å². The van der Waals surface area contributed by atoms with E-state index in [2.05, 4.69) is 9.88 Å². The number of anilines is 1. The Bertz CT molecular complexity index is 577. The minimum atomic E-state index is -0.186. The number of hydrogen-bond donors (Lipinski definition) is 2. The van der Waals surface area contributed by atoms with E-state index in [9.17, 15) is 10.2 Å². The minimum absolute atomic E-state index is 0.0203. The van der Waals surface area contributed by atoms with Crippen molar-refractivity contribution in [1.29, 1.82) is 0 Å². The maximum atomic E-state index is 9.56. The Morgan fingerprint density at radius 2 is 1.95 bits per heavy atom. The number of para-hydroxylation sites is 1. The van der Waals surface area contributed by atoms with Gasteiger partial charge in [0.25, 0.3) is 0 Å². The molecule has 0 spiro atoms. The monoisotopic (exact) mass is 258 g/mol. The molecule has 3 rings (SSSR count). The van der Waals surface area contributed by atoms with E-state index in [0.717, 1.165) is 48.2 Å². The van der Waals surface area contributed by atoms with Crippen molar-refractivity contribution in [2.75, 3.05) is 18.0 Å². The smallest absolute Gasteiger partial charge is 0.129 e.